The molecular formula is C14H19F2N. The number of benzene rings is 1. The van der Waals surface area contributed by atoms with Crippen molar-refractivity contribution in [2.24, 2.45) is 17.6 Å². The minimum absolute atomic E-state index is 0.298. The molecule has 2 rings (SSSR count). The van der Waals surface area contributed by atoms with Crippen LogP contribution in [0, 0.1) is 23.5 Å². The van der Waals surface area contributed by atoms with E-state index in [1.807, 2.05) is 0 Å². The van der Waals surface area contributed by atoms with E-state index >= 15 is 0 Å². The smallest absolute Gasteiger partial charge is 0.126 e. The van der Waals surface area contributed by atoms with Crippen LogP contribution in [0.25, 0.3) is 0 Å². The molecule has 0 heterocycles. The van der Waals surface area contributed by atoms with Gasteiger partial charge >= 0.3 is 0 Å². The molecule has 3 heteroatoms. The van der Waals surface area contributed by atoms with Gasteiger partial charge in [0.25, 0.3) is 0 Å². The van der Waals surface area contributed by atoms with E-state index < -0.39 is 0 Å². The van der Waals surface area contributed by atoms with Gasteiger partial charge in [0.15, 0.2) is 0 Å². The van der Waals surface area contributed by atoms with E-state index in [-0.39, 0.29) is 11.6 Å². The third kappa shape index (κ3) is 3.03. The van der Waals surface area contributed by atoms with Gasteiger partial charge in [-0.15, -0.1) is 0 Å². The Morgan fingerprint density at radius 2 is 1.82 bits per heavy atom. The fourth-order valence-electron chi connectivity index (χ4n) is 2.85. The maximum absolute atomic E-state index is 13.6. The monoisotopic (exact) mass is 239 g/mol. The van der Waals surface area contributed by atoms with Gasteiger partial charge < -0.3 is 5.73 Å². The lowest BCUT2D eigenvalue weighted by Crippen LogP contribution is -2.28. The van der Waals surface area contributed by atoms with Crippen molar-refractivity contribution in [3.05, 3.63) is 35.4 Å². The number of nitrogens with two attached hydrogens (primary N) is 1. The fourth-order valence-corrected chi connectivity index (χ4v) is 2.85. The van der Waals surface area contributed by atoms with Crippen LogP contribution in [0.4, 0.5) is 8.78 Å². The van der Waals surface area contributed by atoms with Gasteiger partial charge in [-0.05, 0) is 61.4 Å². The molecule has 17 heavy (non-hydrogen) atoms. The highest BCUT2D eigenvalue weighted by atomic mass is 19.1. The van der Waals surface area contributed by atoms with E-state index in [0.717, 1.165) is 12.8 Å². The standard InChI is InChI=1S/C14H19F2N/c15-13-5-6-14(16)12(8-13)7-10-3-1-2-4-11(10)9-17/h5-6,8,10-11H,1-4,7,9,17H2. The average Bonchev–Trinajstić information content (AvgIpc) is 2.34. The lowest BCUT2D eigenvalue weighted by atomic mass is 9.76. The van der Waals surface area contributed by atoms with Crippen LogP contribution < -0.4 is 5.73 Å². The van der Waals surface area contributed by atoms with Gasteiger partial charge in [-0.1, -0.05) is 12.8 Å². The van der Waals surface area contributed by atoms with Crippen LogP contribution in [-0.2, 0) is 6.42 Å². The van der Waals surface area contributed by atoms with Crippen LogP contribution >= 0.6 is 0 Å². The molecule has 94 valence electrons. The highest BCUT2D eigenvalue weighted by Crippen LogP contribution is 2.32. The van der Waals surface area contributed by atoms with Gasteiger partial charge in [-0.2, -0.15) is 0 Å². The Morgan fingerprint density at radius 3 is 2.53 bits per heavy atom. The maximum Gasteiger partial charge on any atom is 0.126 e. The molecule has 1 fully saturated rings. The van der Waals surface area contributed by atoms with Crippen molar-refractivity contribution >= 4 is 0 Å². The second-order valence-corrected chi connectivity index (χ2v) is 4.98. The van der Waals surface area contributed by atoms with E-state index in [0.29, 0.717) is 30.4 Å². The summed E-state index contributed by atoms with van der Waals surface area (Å²) < 4.78 is 26.6. The fraction of sp³-hybridized carbons (Fsp3) is 0.571. The van der Waals surface area contributed by atoms with Crippen LogP contribution in [0.5, 0.6) is 0 Å². The van der Waals surface area contributed by atoms with Crippen molar-refractivity contribution < 1.29 is 8.78 Å². The highest BCUT2D eigenvalue weighted by Gasteiger charge is 2.24. The first-order chi connectivity index (χ1) is 8.20. The molecule has 1 aliphatic rings. The second kappa shape index (κ2) is 5.58. The molecule has 1 saturated carbocycles. The lowest BCUT2D eigenvalue weighted by molar-refractivity contribution is 0.240. The Labute approximate surface area is 101 Å². The SMILES string of the molecule is NCC1CCCCC1Cc1cc(F)ccc1F. The summed E-state index contributed by atoms with van der Waals surface area (Å²) in [5.41, 5.74) is 6.24. The molecular weight excluding hydrogens is 220 g/mol. The quantitative estimate of drug-likeness (QED) is 0.860. The largest absolute Gasteiger partial charge is 0.330 e. The zero-order valence-corrected chi connectivity index (χ0v) is 9.96. The summed E-state index contributed by atoms with van der Waals surface area (Å²) in [4.78, 5) is 0. The summed E-state index contributed by atoms with van der Waals surface area (Å²) in [6.45, 7) is 0.654. The Hall–Kier alpha value is -0.960. The normalized spacial score (nSPS) is 24.9. The van der Waals surface area contributed by atoms with Crippen LogP contribution in [0.1, 0.15) is 31.2 Å². The predicted molar refractivity (Wildman–Crippen MR) is 64.6 cm³/mol. The molecule has 1 aromatic rings. The topological polar surface area (TPSA) is 26.0 Å². The third-order valence-corrected chi connectivity index (χ3v) is 3.86. The molecule has 0 aromatic heterocycles. The van der Waals surface area contributed by atoms with Gasteiger partial charge in [-0.25, -0.2) is 8.78 Å². The maximum atomic E-state index is 13.6. The molecule has 1 nitrogen and oxygen atoms in total. The van der Waals surface area contributed by atoms with Crippen molar-refractivity contribution in [2.75, 3.05) is 6.54 Å². The molecule has 0 amide bonds. The highest BCUT2D eigenvalue weighted by molar-refractivity contribution is 5.19. The van der Waals surface area contributed by atoms with E-state index in [1.54, 1.807) is 0 Å². The van der Waals surface area contributed by atoms with Crippen molar-refractivity contribution in [1.29, 1.82) is 0 Å². The van der Waals surface area contributed by atoms with Crippen LogP contribution in [0.3, 0.4) is 0 Å². The Kier molecular flexibility index (Phi) is 4.11. The van der Waals surface area contributed by atoms with Crippen molar-refractivity contribution in [3.63, 3.8) is 0 Å². The summed E-state index contributed by atoms with van der Waals surface area (Å²) in [7, 11) is 0. The van der Waals surface area contributed by atoms with Gasteiger partial charge in [0.2, 0.25) is 0 Å². The Bertz CT molecular complexity index is 378. The van der Waals surface area contributed by atoms with Crippen molar-refractivity contribution in [3.8, 4) is 0 Å². The van der Waals surface area contributed by atoms with E-state index in [2.05, 4.69) is 0 Å². The minimum Gasteiger partial charge on any atom is -0.330 e. The molecule has 1 aromatic carbocycles. The first kappa shape index (κ1) is 12.5. The third-order valence-electron chi connectivity index (χ3n) is 3.86. The van der Waals surface area contributed by atoms with Gasteiger partial charge in [0.05, 0.1) is 0 Å². The number of halogens is 2. The number of hydrogen-bond acceptors (Lipinski definition) is 1. The van der Waals surface area contributed by atoms with E-state index in [4.69, 9.17) is 5.73 Å². The molecule has 0 aliphatic heterocycles. The first-order valence-corrected chi connectivity index (χ1v) is 6.34. The number of rotatable bonds is 3. The summed E-state index contributed by atoms with van der Waals surface area (Å²) in [5.74, 6) is 0.214. The average molecular weight is 239 g/mol. The van der Waals surface area contributed by atoms with Crippen LogP contribution in [0.2, 0.25) is 0 Å². The zero-order chi connectivity index (χ0) is 12.3. The Morgan fingerprint density at radius 1 is 1.12 bits per heavy atom. The van der Waals surface area contributed by atoms with Crippen molar-refractivity contribution in [2.45, 2.75) is 32.1 Å². The first-order valence-electron chi connectivity index (χ1n) is 6.34. The summed E-state index contributed by atoms with van der Waals surface area (Å²) >= 11 is 0. The van der Waals surface area contributed by atoms with Gasteiger partial charge in [0.1, 0.15) is 11.6 Å². The molecule has 0 radical (unpaired) electrons. The summed E-state index contributed by atoms with van der Waals surface area (Å²) in [5, 5.41) is 0. The lowest BCUT2D eigenvalue weighted by Gasteiger charge is -2.30. The molecule has 0 saturated heterocycles. The summed E-state index contributed by atoms with van der Waals surface area (Å²) in [6, 6.07) is 3.70. The van der Waals surface area contributed by atoms with Crippen LogP contribution in [-0.4, -0.2) is 6.54 Å². The summed E-state index contributed by atoms with van der Waals surface area (Å²) in [6.07, 6.45) is 5.21. The molecule has 2 unspecified atom stereocenters. The zero-order valence-electron chi connectivity index (χ0n) is 9.96. The van der Waals surface area contributed by atoms with Gasteiger partial charge in [-0.3, -0.25) is 0 Å². The second-order valence-electron chi connectivity index (χ2n) is 4.98. The minimum atomic E-state index is -0.360. The predicted octanol–water partition coefficient (Wildman–Crippen LogP) is 3.27. The van der Waals surface area contributed by atoms with Gasteiger partial charge in [0, 0.05) is 0 Å². The number of hydrogen-bond donors (Lipinski definition) is 1. The molecule has 1 aliphatic carbocycles. The molecule has 0 spiro atoms. The van der Waals surface area contributed by atoms with E-state index in [9.17, 15) is 8.78 Å². The Balaban J connectivity index is 2.10. The van der Waals surface area contributed by atoms with Crippen molar-refractivity contribution in [1.82, 2.24) is 0 Å². The molecule has 2 N–H and O–H groups in total. The van der Waals surface area contributed by atoms with E-state index in [1.165, 1.54) is 31.0 Å². The molecule has 0 bridgehead atoms. The van der Waals surface area contributed by atoms with Crippen LogP contribution in [0.15, 0.2) is 18.2 Å². The molecule has 2 atom stereocenters.